The highest BCUT2D eigenvalue weighted by Crippen LogP contribution is 2.26. The lowest BCUT2D eigenvalue weighted by Gasteiger charge is -2.10. The lowest BCUT2D eigenvalue weighted by molar-refractivity contribution is 0.102. The van der Waals surface area contributed by atoms with Gasteiger partial charge in [-0.3, -0.25) is 9.48 Å². The number of ether oxygens (including phenoxy) is 1. The highest BCUT2D eigenvalue weighted by molar-refractivity contribution is 6.32. The number of hydrogen-bond acceptors (Lipinski definition) is 3. The highest BCUT2D eigenvalue weighted by Gasteiger charge is 2.10. The predicted octanol–water partition coefficient (Wildman–Crippen LogP) is 6.52. The Morgan fingerprint density at radius 2 is 1.94 bits per heavy atom. The van der Waals surface area contributed by atoms with Crippen LogP contribution in [0.3, 0.4) is 0 Å². The average molecular weight is 484 g/mol. The lowest BCUT2D eigenvalue weighted by Crippen LogP contribution is -2.12. The van der Waals surface area contributed by atoms with E-state index in [1.54, 1.807) is 47.4 Å². The molecule has 4 rings (SSSR count). The van der Waals surface area contributed by atoms with E-state index in [0.717, 1.165) is 16.7 Å². The Labute approximate surface area is 200 Å². The zero-order valence-electron chi connectivity index (χ0n) is 17.7. The summed E-state index contributed by atoms with van der Waals surface area (Å²) in [7, 11) is 0. The molecule has 33 heavy (non-hydrogen) atoms. The number of anilines is 1. The van der Waals surface area contributed by atoms with E-state index in [1.807, 2.05) is 25.1 Å². The third-order valence-electron chi connectivity index (χ3n) is 4.91. The summed E-state index contributed by atoms with van der Waals surface area (Å²) in [5, 5.41) is 7.92. The number of hydrogen-bond donors (Lipinski definition) is 1. The molecule has 0 aliphatic rings. The summed E-state index contributed by atoms with van der Waals surface area (Å²) in [6.45, 7) is 2.59. The van der Waals surface area contributed by atoms with Crippen LogP contribution in [0.25, 0.3) is 0 Å². The average Bonchev–Trinajstić information content (AvgIpc) is 3.23. The summed E-state index contributed by atoms with van der Waals surface area (Å²) in [5.41, 5.74) is 3.62. The van der Waals surface area contributed by atoms with E-state index >= 15 is 0 Å². The minimum absolute atomic E-state index is 0.273. The smallest absolute Gasteiger partial charge is 0.255 e. The zero-order valence-corrected chi connectivity index (χ0v) is 19.2. The fourth-order valence-electron chi connectivity index (χ4n) is 3.23. The maximum atomic E-state index is 13.2. The van der Waals surface area contributed by atoms with Crippen molar-refractivity contribution < 1.29 is 13.9 Å². The molecule has 3 aromatic carbocycles. The second-order valence-electron chi connectivity index (χ2n) is 7.54. The van der Waals surface area contributed by atoms with Gasteiger partial charge in [0.25, 0.3) is 5.91 Å². The van der Waals surface area contributed by atoms with Crippen LogP contribution >= 0.6 is 23.2 Å². The van der Waals surface area contributed by atoms with Gasteiger partial charge in [-0.2, -0.15) is 5.10 Å². The summed E-state index contributed by atoms with van der Waals surface area (Å²) < 4.78 is 20.7. The monoisotopic (exact) mass is 483 g/mol. The molecule has 1 aromatic heterocycles. The van der Waals surface area contributed by atoms with Gasteiger partial charge in [-0.25, -0.2) is 4.39 Å². The SMILES string of the molecule is Cc1ccc(Cl)c(OCc2cccc(C(=O)Nc3cnn(Cc4ccc(F)cc4Cl)c3)c2)c1. The van der Waals surface area contributed by atoms with Gasteiger partial charge in [0.1, 0.15) is 18.2 Å². The Morgan fingerprint density at radius 1 is 1.09 bits per heavy atom. The Balaban J connectivity index is 1.39. The molecule has 0 saturated heterocycles. The third-order valence-corrected chi connectivity index (χ3v) is 5.57. The highest BCUT2D eigenvalue weighted by atomic mass is 35.5. The van der Waals surface area contributed by atoms with E-state index in [-0.39, 0.29) is 12.5 Å². The number of benzene rings is 3. The quantitative estimate of drug-likeness (QED) is 0.325. The van der Waals surface area contributed by atoms with Crippen molar-refractivity contribution in [2.24, 2.45) is 0 Å². The van der Waals surface area contributed by atoms with Crippen LogP contribution in [0.1, 0.15) is 27.0 Å². The molecule has 8 heteroatoms. The van der Waals surface area contributed by atoms with Crippen LogP contribution in [0.5, 0.6) is 5.75 Å². The lowest BCUT2D eigenvalue weighted by atomic mass is 10.1. The largest absolute Gasteiger partial charge is 0.487 e. The predicted molar refractivity (Wildman–Crippen MR) is 128 cm³/mol. The first-order chi connectivity index (χ1) is 15.9. The molecule has 168 valence electrons. The number of halogens is 3. The molecule has 1 N–H and O–H groups in total. The Morgan fingerprint density at radius 3 is 2.76 bits per heavy atom. The van der Waals surface area contributed by atoms with Crippen molar-refractivity contribution in [2.45, 2.75) is 20.1 Å². The number of carbonyl (C=O) groups is 1. The maximum Gasteiger partial charge on any atom is 0.255 e. The van der Waals surface area contributed by atoms with E-state index in [0.29, 0.717) is 33.6 Å². The van der Waals surface area contributed by atoms with E-state index < -0.39 is 5.82 Å². The van der Waals surface area contributed by atoms with Gasteiger partial charge in [0.15, 0.2) is 0 Å². The summed E-state index contributed by atoms with van der Waals surface area (Å²) in [6.07, 6.45) is 3.23. The first kappa shape index (κ1) is 22.8. The van der Waals surface area contributed by atoms with Crippen molar-refractivity contribution in [3.8, 4) is 5.75 Å². The fraction of sp³-hybridized carbons (Fsp3) is 0.120. The molecule has 0 aliphatic carbocycles. The van der Waals surface area contributed by atoms with Crippen LogP contribution in [0.4, 0.5) is 10.1 Å². The minimum atomic E-state index is -0.397. The maximum absolute atomic E-state index is 13.2. The molecule has 0 radical (unpaired) electrons. The number of nitrogens with zero attached hydrogens (tertiary/aromatic N) is 2. The summed E-state index contributed by atoms with van der Waals surface area (Å²) >= 11 is 12.3. The van der Waals surface area contributed by atoms with Gasteiger partial charge in [0.05, 0.1) is 23.5 Å². The molecule has 0 fully saturated rings. The van der Waals surface area contributed by atoms with Crippen LogP contribution in [-0.4, -0.2) is 15.7 Å². The third kappa shape index (κ3) is 5.92. The van der Waals surface area contributed by atoms with Gasteiger partial charge in [-0.15, -0.1) is 0 Å². The molecular weight excluding hydrogens is 464 g/mol. The molecule has 5 nitrogen and oxygen atoms in total. The second kappa shape index (κ2) is 10.1. The van der Waals surface area contributed by atoms with Crippen molar-refractivity contribution in [2.75, 3.05) is 5.32 Å². The number of amides is 1. The Bertz CT molecular complexity index is 1310. The molecule has 0 atom stereocenters. The van der Waals surface area contributed by atoms with Crippen LogP contribution in [-0.2, 0) is 13.2 Å². The molecule has 1 amide bonds. The molecule has 0 bridgehead atoms. The molecule has 0 unspecified atom stereocenters. The van der Waals surface area contributed by atoms with Crippen molar-refractivity contribution in [3.05, 3.63) is 111 Å². The summed E-state index contributed by atoms with van der Waals surface area (Å²) in [6, 6.07) is 16.9. The van der Waals surface area contributed by atoms with Crippen LogP contribution in [0.2, 0.25) is 10.0 Å². The van der Waals surface area contributed by atoms with Crippen LogP contribution in [0, 0.1) is 12.7 Å². The van der Waals surface area contributed by atoms with Gasteiger partial charge < -0.3 is 10.1 Å². The topological polar surface area (TPSA) is 56.1 Å². The number of aromatic nitrogens is 2. The molecular formula is C25H20Cl2FN3O2. The number of nitrogens with one attached hydrogen (secondary N) is 1. The number of aryl methyl sites for hydroxylation is 1. The van der Waals surface area contributed by atoms with Crippen LogP contribution < -0.4 is 10.1 Å². The van der Waals surface area contributed by atoms with Gasteiger partial charge >= 0.3 is 0 Å². The van der Waals surface area contributed by atoms with Crippen molar-refractivity contribution >= 4 is 34.8 Å². The summed E-state index contributed by atoms with van der Waals surface area (Å²) in [4.78, 5) is 12.7. The van der Waals surface area contributed by atoms with Crippen LogP contribution in [0.15, 0.2) is 73.1 Å². The number of rotatable bonds is 7. The minimum Gasteiger partial charge on any atom is -0.487 e. The van der Waals surface area contributed by atoms with Gasteiger partial charge in [-0.1, -0.05) is 47.5 Å². The first-order valence-corrected chi connectivity index (χ1v) is 10.9. The molecule has 0 spiro atoms. The fourth-order valence-corrected chi connectivity index (χ4v) is 3.63. The first-order valence-electron chi connectivity index (χ1n) is 10.1. The van der Waals surface area contributed by atoms with E-state index in [4.69, 9.17) is 27.9 Å². The van der Waals surface area contributed by atoms with Crippen molar-refractivity contribution in [3.63, 3.8) is 0 Å². The molecule has 4 aromatic rings. The zero-order chi connectivity index (χ0) is 23.4. The van der Waals surface area contributed by atoms with Crippen molar-refractivity contribution in [1.82, 2.24) is 9.78 Å². The Kier molecular flexibility index (Phi) is 6.96. The normalized spacial score (nSPS) is 10.8. The van der Waals surface area contributed by atoms with Gasteiger partial charge in [0, 0.05) is 16.8 Å². The van der Waals surface area contributed by atoms with E-state index in [9.17, 15) is 9.18 Å². The second-order valence-corrected chi connectivity index (χ2v) is 8.35. The molecule has 1 heterocycles. The van der Waals surface area contributed by atoms with E-state index in [2.05, 4.69) is 10.4 Å². The van der Waals surface area contributed by atoms with Gasteiger partial charge in [0.2, 0.25) is 0 Å². The summed E-state index contributed by atoms with van der Waals surface area (Å²) in [5.74, 6) is -0.0724. The van der Waals surface area contributed by atoms with E-state index in [1.165, 1.54) is 12.1 Å². The van der Waals surface area contributed by atoms with Gasteiger partial charge in [-0.05, 0) is 60.0 Å². The molecule has 0 aliphatic heterocycles. The molecule has 0 saturated carbocycles. The Hall–Kier alpha value is -3.35. The van der Waals surface area contributed by atoms with Crippen molar-refractivity contribution in [1.29, 1.82) is 0 Å². The standard InChI is InChI=1S/C25H20Cl2FN3O2/c1-16-5-8-22(26)24(9-16)33-15-17-3-2-4-18(10-17)25(32)30-21-12-29-31(14-21)13-19-6-7-20(28)11-23(19)27/h2-12,14H,13,15H2,1H3,(H,30,32). The number of carbonyl (C=O) groups excluding carboxylic acids is 1.